The minimum atomic E-state index is -0.651. The largest absolute Gasteiger partial charge is 0.422 e. The number of nitrogens with one attached hydrogen (secondary N) is 1. The summed E-state index contributed by atoms with van der Waals surface area (Å²) in [5.74, 6) is 0.0714. The van der Waals surface area contributed by atoms with E-state index in [-0.39, 0.29) is 11.3 Å². The molecule has 4 aromatic heterocycles. The number of Topliss-reactive ketones (excluding diaryl/α,β-unsaturated/α-hetero) is 1. The predicted molar refractivity (Wildman–Crippen MR) is 135 cm³/mol. The van der Waals surface area contributed by atoms with Gasteiger partial charge in [-0.2, -0.15) is 0 Å². The normalized spacial score (nSPS) is 13.9. The molecule has 0 amide bonds. The molecule has 0 unspecified atom stereocenters. The number of carbonyl (C=O) groups excluding carboxylic acids is 1. The molecule has 0 bridgehead atoms. The summed E-state index contributed by atoms with van der Waals surface area (Å²) >= 11 is 0. The maximum absolute atomic E-state index is 12.8. The van der Waals surface area contributed by atoms with Gasteiger partial charge in [0.2, 0.25) is 5.95 Å². The third-order valence-electron chi connectivity index (χ3n) is 6.16. The fourth-order valence-corrected chi connectivity index (χ4v) is 4.47. The Morgan fingerprint density at radius 1 is 1.06 bits per heavy atom. The summed E-state index contributed by atoms with van der Waals surface area (Å²) in [7, 11) is 0. The van der Waals surface area contributed by atoms with Crippen molar-refractivity contribution in [1.29, 1.82) is 0 Å². The zero-order valence-corrected chi connectivity index (χ0v) is 19.5. The van der Waals surface area contributed by atoms with Gasteiger partial charge in [-0.15, -0.1) is 0 Å². The number of hydrogen-bond donors (Lipinski definition) is 1. The molecular weight excluding hydrogens is 460 g/mol. The van der Waals surface area contributed by atoms with Crippen LogP contribution in [0.4, 0.5) is 17.3 Å². The highest BCUT2D eigenvalue weighted by Gasteiger charge is 2.24. The van der Waals surface area contributed by atoms with Crippen molar-refractivity contribution >= 4 is 39.7 Å². The van der Waals surface area contributed by atoms with Crippen molar-refractivity contribution in [3.05, 3.63) is 77.2 Å². The predicted octanol–water partition coefficient (Wildman–Crippen LogP) is 3.68. The molecule has 1 N–H and O–H groups in total. The van der Waals surface area contributed by atoms with E-state index in [0.717, 1.165) is 16.9 Å². The Bertz CT molecular complexity index is 1670. The van der Waals surface area contributed by atoms with Crippen LogP contribution in [0.3, 0.4) is 0 Å². The lowest BCUT2D eigenvalue weighted by Crippen LogP contribution is -2.38. The van der Waals surface area contributed by atoms with Crippen LogP contribution in [0.1, 0.15) is 17.3 Å². The van der Waals surface area contributed by atoms with Crippen LogP contribution in [0.5, 0.6) is 0 Å². The number of hydrogen-bond acceptors (Lipinski definition) is 9. The van der Waals surface area contributed by atoms with Gasteiger partial charge in [0.15, 0.2) is 5.78 Å². The molecular formula is C26H22N6O4. The second-order valence-corrected chi connectivity index (χ2v) is 8.48. The smallest absolute Gasteiger partial charge is 0.349 e. The summed E-state index contributed by atoms with van der Waals surface area (Å²) in [5.41, 5.74) is 3.55. The van der Waals surface area contributed by atoms with E-state index < -0.39 is 5.63 Å². The Morgan fingerprint density at radius 2 is 1.92 bits per heavy atom. The Hall–Kier alpha value is -4.57. The van der Waals surface area contributed by atoms with Gasteiger partial charge in [0.25, 0.3) is 0 Å². The number of aromatic nitrogens is 4. The monoisotopic (exact) mass is 482 g/mol. The minimum Gasteiger partial charge on any atom is -0.422 e. The van der Waals surface area contributed by atoms with Gasteiger partial charge in [-0.3, -0.25) is 4.79 Å². The van der Waals surface area contributed by atoms with E-state index in [9.17, 15) is 9.59 Å². The van der Waals surface area contributed by atoms with Crippen LogP contribution in [-0.4, -0.2) is 51.4 Å². The molecule has 1 fully saturated rings. The number of imidazole rings is 1. The quantitative estimate of drug-likeness (QED) is 0.296. The molecule has 0 saturated carbocycles. The molecule has 10 heteroatoms. The zero-order valence-electron chi connectivity index (χ0n) is 19.5. The van der Waals surface area contributed by atoms with Crippen LogP contribution in [0.25, 0.3) is 27.9 Å². The fourth-order valence-electron chi connectivity index (χ4n) is 4.47. The lowest BCUT2D eigenvalue weighted by Gasteiger charge is -2.30. The average molecular weight is 483 g/mol. The van der Waals surface area contributed by atoms with Crippen molar-refractivity contribution in [2.75, 3.05) is 36.5 Å². The molecule has 6 rings (SSSR count). The van der Waals surface area contributed by atoms with E-state index in [1.165, 1.54) is 6.92 Å². The first-order valence-corrected chi connectivity index (χ1v) is 11.5. The van der Waals surface area contributed by atoms with Crippen molar-refractivity contribution in [2.45, 2.75) is 6.92 Å². The maximum atomic E-state index is 12.8. The maximum Gasteiger partial charge on any atom is 0.349 e. The second kappa shape index (κ2) is 8.90. The van der Waals surface area contributed by atoms with E-state index >= 15 is 0 Å². The molecule has 1 aromatic carbocycles. The van der Waals surface area contributed by atoms with E-state index in [1.807, 2.05) is 52.0 Å². The molecule has 0 aliphatic carbocycles. The molecule has 1 aliphatic rings. The molecule has 1 saturated heterocycles. The number of rotatable bonds is 5. The Morgan fingerprint density at radius 3 is 2.75 bits per heavy atom. The van der Waals surface area contributed by atoms with Crippen LogP contribution in [0.15, 0.2) is 70.4 Å². The zero-order chi connectivity index (χ0) is 24.6. The standard InChI is InChI=1S/C26H22N6O4/c1-16(33)23-24(31-10-12-35-13-11-31)19-4-3-18(14-21(19)36-25(23)34)29-26-28-7-6-20(30-26)17-2-5-22-27-8-9-32(22)15-17/h2-9,14-15H,10-13H2,1H3,(H,28,29,30). The summed E-state index contributed by atoms with van der Waals surface area (Å²) in [6.07, 6.45) is 7.26. The average Bonchev–Trinajstić information content (AvgIpc) is 3.36. The van der Waals surface area contributed by atoms with Crippen molar-refractivity contribution in [3.63, 3.8) is 0 Å². The highest BCUT2D eigenvalue weighted by Crippen LogP contribution is 2.32. The number of benzene rings is 1. The first-order valence-electron chi connectivity index (χ1n) is 11.5. The van der Waals surface area contributed by atoms with Gasteiger partial charge in [-0.25, -0.2) is 19.7 Å². The van der Waals surface area contributed by atoms with Gasteiger partial charge in [0, 0.05) is 60.6 Å². The lowest BCUT2D eigenvalue weighted by atomic mass is 10.1. The number of fused-ring (bicyclic) bond motifs is 2. The summed E-state index contributed by atoms with van der Waals surface area (Å²) in [6, 6.07) is 11.1. The van der Waals surface area contributed by atoms with Crippen LogP contribution >= 0.6 is 0 Å². The molecule has 1 aliphatic heterocycles. The van der Waals surface area contributed by atoms with E-state index in [2.05, 4.69) is 20.3 Å². The lowest BCUT2D eigenvalue weighted by molar-refractivity contribution is 0.101. The number of ketones is 1. The van der Waals surface area contributed by atoms with Crippen molar-refractivity contribution in [3.8, 4) is 11.3 Å². The van der Waals surface area contributed by atoms with Crippen LogP contribution in [-0.2, 0) is 4.74 Å². The van der Waals surface area contributed by atoms with Gasteiger partial charge in [0.05, 0.1) is 24.6 Å². The van der Waals surface area contributed by atoms with E-state index in [0.29, 0.717) is 54.6 Å². The van der Waals surface area contributed by atoms with Gasteiger partial charge in [-0.1, -0.05) is 0 Å². The third kappa shape index (κ3) is 3.97. The summed E-state index contributed by atoms with van der Waals surface area (Å²) < 4.78 is 12.9. The highest BCUT2D eigenvalue weighted by molar-refractivity contribution is 6.07. The number of anilines is 3. The van der Waals surface area contributed by atoms with Crippen molar-refractivity contribution < 1.29 is 13.9 Å². The molecule has 180 valence electrons. The van der Waals surface area contributed by atoms with E-state index in [4.69, 9.17) is 9.15 Å². The van der Waals surface area contributed by atoms with Crippen LogP contribution < -0.4 is 15.8 Å². The summed E-state index contributed by atoms with van der Waals surface area (Å²) in [6.45, 7) is 3.61. The minimum absolute atomic E-state index is 0.0657. The van der Waals surface area contributed by atoms with Gasteiger partial charge in [-0.05, 0) is 37.3 Å². The number of morpholine rings is 1. The van der Waals surface area contributed by atoms with E-state index in [1.54, 1.807) is 18.5 Å². The molecule has 0 spiro atoms. The van der Waals surface area contributed by atoms with Crippen molar-refractivity contribution in [2.24, 2.45) is 0 Å². The summed E-state index contributed by atoms with van der Waals surface area (Å²) in [5, 5.41) is 3.88. The number of carbonyl (C=O) groups is 1. The fraction of sp³-hybridized carbons (Fsp3) is 0.192. The molecule has 5 aromatic rings. The molecule has 0 radical (unpaired) electrons. The first-order chi connectivity index (χ1) is 17.6. The van der Waals surface area contributed by atoms with Gasteiger partial charge in [0.1, 0.15) is 16.8 Å². The number of ether oxygens (including phenoxy) is 1. The number of pyridine rings is 1. The molecule has 36 heavy (non-hydrogen) atoms. The molecule has 10 nitrogen and oxygen atoms in total. The van der Waals surface area contributed by atoms with Gasteiger partial charge < -0.3 is 23.8 Å². The summed E-state index contributed by atoms with van der Waals surface area (Å²) in [4.78, 5) is 40.4. The third-order valence-corrected chi connectivity index (χ3v) is 6.16. The SMILES string of the molecule is CC(=O)c1c(N2CCOCC2)c2ccc(Nc3nccc(-c4ccc5nccn5c4)n3)cc2oc1=O. The second-order valence-electron chi connectivity index (χ2n) is 8.48. The van der Waals surface area contributed by atoms with Gasteiger partial charge >= 0.3 is 5.63 Å². The molecule has 5 heterocycles. The molecule has 0 atom stereocenters. The Kier molecular flexibility index (Phi) is 5.42. The van der Waals surface area contributed by atoms with Crippen LogP contribution in [0.2, 0.25) is 0 Å². The highest BCUT2D eigenvalue weighted by atomic mass is 16.5. The number of nitrogens with zero attached hydrogens (tertiary/aromatic N) is 5. The topological polar surface area (TPSA) is 115 Å². The van der Waals surface area contributed by atoms with Crippen molar-refractivity contribution in [1.82, 2.24) is 19.4 Å². The first kappa shape index (κ1) is 21.9. The Labute approximate surface area is 205 Å². The Balaban J connectivity index is 1.36. The van der Waals surface area contributed by atoms with Crippen LogP contribution in [0, 0.1) is 0 Å².